The van der Waals surface area contributed by atoms with E-state index in [2.05, 4.69) is 39.0 Å². The molecule has 1 aromatic carbocycles. The van der Waals surface area contributed by atoms with Crippen LogP contribution in [-0.4, -0.2) is 29.3 Å². The molecule has 0 aliphatic carbocycles. The Bertz CT molecular complexity index is 907. The number of hydrogen-bond donors (Lipinski definition) is 2. The van der Waals surface area contributed by atoms with Crippen molar-refractivity contribution in [2.75, 3.05) is 7.11 Å². The van der Waals surface area contributed by atoms with Gasteiger partial charge in [-0.1, -0.05) is 36.0 Å². The third-order valence-electron chi connectivity index (χ3n) is 4.55. The van der Waals surface area contributed by atoms with Gasteiger partial charge in [-0.25, -0.2) is 4.79 Å². The fraction of sp³-hybridized carbons (Fsp3) is 0.385. The number of carboxylic acids is 2. The van der Waals surface area contributed by atoms with E-state index >= 15 is 0 Å². The van der Waals surface area contributed by atoms with Crippen molar-refractivity contribution in [2.24, 2.45) is 5.41 Å². The third kappa shape index (κ3) is 10.5. The lowest BCUT2D eigenvalue weighted by atomic mass is 9.96. The number of carbonyl (C=O) groups is 2. The molecule has 0 amide bonds. The Hall–Kier alpha value is -3.08. The SMILES string of the molecule is CC(C)(C)C(=O)O.COc1cc(C)c(/C=C/C(C)=C/C=C/C(C)=C/C(=O)O)c(C)c1C. The minimum atomic E-state index is -0.932. The minimum absolute atomic E-state index is 0.583. The Morgan fingerprint density at radius 1 is 0.968 bits per heavy atom. The lowest BCUT2D eigenvalue weighted by molar-refractivity contribution is -0.145. The molecule has 1 rings (SSSR count). The number of rotatable bonds is 6. The van der Waals surface area contributed by atoms with Gasteiger partial charge in [0.25, 0.3) is 0 Å². The Morgan fingerprint density at radius 2 is 1.52 bits per heavy atom. The van der Waals surface area contributed by atoms with Crippen LogP contribution >= 0.6 is 0 Å². The van der Waals surface area contributed by atoms with Gasteiger partial charge in [0.05, 0.1) is 12.5 Å². The first-order chi connectivity index (χ1) is 14.2. The van der Waals surface area contributed by atoms with E-state index in [4.69, 9.17) is 14.9 Å². The van der Waals surface area contributed by atoms with Crippen LogP contribution in [0.2, 0.25) is 0 Å². The maximum absolute atomic E-state index is 10.6. The van der Waals surface area contributed by atoms with Crippen molar-refractivity contribution >= 4 is 18.0 Å². The van der Waals surface area contributed by atoms with Gasteiger partial charge in [-0.3, -0.25) is 4.79 Å². The van der Waals surface area contributed by atoms with Crippen molar-refractivity contribution in [2.45, 2.75) is 55.4 Å². The molecular formula is C26H36O5. The van der Waals surface area contributed by atoms with E-state index < -0.39 is 17.4 Å². The van der Waals surface area contributed by atoms with Gasteiger partial charge in [0.2, 0.25) is 0 Å². The Kier molecular flexibility index (Phi) is 11.3. The number of carboxylic acid groups (broad SMARTS) is 2. The van der Waals surface area contributed by atoms with Gasteiger partial charge >= 0.3 is 11.9 Å². The van der Waals surface area contributed by atoms with E-state index in [0.717, 1.165) is 16.9 Å². The van der Waals surface area contributed by atoms with Crippen LogP contribution in [0, 0.1) is 26.2 Å². The zero-order chi connectivity index (χ0) is 24.4. The van der Waals surface area contributed by atoms with E-state index in [1.54, 1.807) is 40.9 Å². The monoisotopic (exact) mass is 428 g/mol. The van der Waals surface area contributed by atoms with Crippen LogP contribution in [0.25, 0.3) is 6.08 Å². The highest BCUT2D eigenvalue weighted by atomic mass is 16.5. The topological polar surface area (TPSA) is 83.8 Å². The summed E-state index contributed by atoms with van der Waals surface area (Å²) in [6.45, 7) is 15.0. The van der Waals surface area contributed by atoms with E-state index in [1.165, 1.54) is 22.8 Å². The summed E-state index contributed by atoms with van der Waals surface area (Å²) in [6.07, 6.45) is 10.9. The molecule has 0 saturated carbocycles. The fourth-order valence-corrected chi connectivity index (χ4v) is 2.40. The molecule has 0 unspecified atom stereocenters. The summed E-state index contributed by atoms with van der Waals surface area (Å²) in [5, 5.41) is 16.9. The maximum atomic E-state index is 10.6. The molecule has 0 aliphatic heterocycles. The molecule has 2 N–H and O–H groups in total. The molecule has 0 aromatic heterocycles. The molecule has 5 nitrogen and oxygen atoms in total. The van der Waals surface area contributed by atoms with Crippen LogP contribution in [-0.2, 0) is 9.59 Å². The number of methoxy groups -OCH3 is 1. The summed E-state index contributed by atoms with van der Waals surface area (Å²) >= 11 is 0. The summed E-state index contributed by atoms with van der Waals surface area (Å²) in [4.78, 5) is 20.6. The van der Waals surface area contributed by atoms with Crippen LogP contribution in [0.4, 0.5) is 0 Å². The standard InChI is InChI=1S/C21H26O3.C5H10O2/c1-14(8-7-9-15(2)12-21(22)23)10-11-19-16(3)13-20(24-6)18(5)17(19)4;1-5(2,3)4(6)7/h7-13H,1-6H3,(H,22,23);1-3H3,(H,6,7)/b9-7+,11-10+,14-8+,15-12+;. The molecule has 0 bridgehead atoms. The second-order valence-electron chi connectivity index (χ2n) is 8.44. The largest absolute Gasteiger partial charge is 0.496 e. The van der Waals surface area contributed by atoms with Crippen LogP contribution < -0.4 is 4.74 Å². The summed E-state index contributed by atoms with van der Waals surface area (Å²) in [5.41, 5.74) is 5.95. The van der Waals surface area contributed by atoms with Gasteiger partial charge in [-0.15, -0.1) is 0 Å². The van der Waals surface area contributed by atoms with E-state index in [1.807, 2.05) is 19.1 Å². The van der Waals surface area contributed by atoms with Gasteiger partial charge in [-0.05, 0) is 89.3 Å². The summed E-state index contributed by atoms with van der Waals surface area (Å²) < 4.78 is 5.40. The molecule has 0 saturated heterocycles. The van der Waals surface area contributed by atoms with Crippen molar-refractivity contribution in [1.82, 2.24) is 0 Å². The number of benzene rings is 1. The van der Waals surface area contributed by atoms with Crippen LogP contribution in [0.3, 0.4) is 0 Å². The first kappa shape index (κ1) is 27.9. The average Bonchev–Trinajstić information content (AvgIpc) is 2.63. The predicted octanol–water partition coefficient (Wildman–Crippen LogP) is 6.28. The smallest absolute Gasteiger partial charge is 0.328 e. The molecule has 0 heterocycles. The van der Waals surface area contributed by atoms with Gasteiger partial charge < -0.3 is 14.9 Å². The number of ether oxygens (including phenoxy) is 1. The summed E-state index contributed by atoms with van der Waals surface area (Å²) in [7, 11) is 1.69. The van der Waals surface area contributed by atoms with E-state index in [9.17, 15) is 9.59 Å². The zero-order valence-electron chi connectivity index (χ0n) is 20.2. The molecule has 0 aliphatic rings. The molecule has 0 spiro atoms. The quantitative estimate of drug-likeness (QED) is 0.411. The average molecular weight is 429 g/mol. The molecule has 5 heteroatoms. The molecule has 0 atom stereocenters. The molecule has 170 valence electrons. The normalized spacial score (nSPS) is 12.7. The number of aryl methyl sites for hydroxylation is 1. The molecule has 0 fully saturated rings. The van der Waals surface area contributed by atoms with E-state index in [0.29, 0.717) is 5.57 Å². The maximum Gasteiger partial charge on any atom is 0.328 e. The first-order valence-corrected chi connectivity index (χ1v) is 10.0. The van der Waals surface area contributed by atoms with Crippen molar-refractivity contribution in [3.8, 4) is 5.75 Å². The van der Waals surface area contributed by atoms with Crippen molar-refractivity contribution in [3.63, 3.8) is 0 Å². The van der Waals surface area contributed by atoms with Gasteiger partial charge in [0, 0.05) is 6.08 Å². The number of aliphatic carboxylic acids is 2. The van der Waals surface area contributed by atoms with Crippen molar-refractivity contribution < 1.29 is 24.5 Å². The minimum Gasteiger partial charge on any atom is -0.496 e. The summed E-state index contributed by atoms with van der Waals surface area (Å²) in [5.74, 6) is -0.774. The summed E-state index contributed by atoms with van der Waals surface area (Å²) in [6, 6.07) is 2.06. The lowest BCUT2D eigenvalue weighted by Gasteiger charge is -2.13. The Labute approximate surface area is 186 Å². The number of hydrogen-bond acceptors (Lipinski definition) is 3. The molecule has 31 heavy (non-hydrogen) atoms. The highest BCUT2D eigenvalue weighted by Gasteiger charge is 2.18. The van der Waals surface area contributed by atoms with E-state index in [-0.39, 0.29) is 0 Å². The van der Waals surface area contributed by atoms with Gasteiger partial charge in [0.1, 0.15) is 5.75 Å². The van der Waals surface area contributed by atoms with Crippen LogP contribution in [0.5, 0.6) is 5.75 Å². The molecule has 1 aromatic rings. The molecule has 0 radical (unpaired) electrons. The third-order valence-corrected chi connectivity index (χ3v) is 4.55. The second kappa shape index (κ2) is 12.6. The van der Waals surface area contributed by atoms with Crippen molar-refractivity contribution in [1.29, 1.82) is 0 Å². The van der Waals surface area contributed by atoms with Gasteiger partial charge in [-0.2, -0.15) is 0 Å². The molecular weight excluding hydrogens is 392 g/mol. The Morgan fingerprint density at radius 3 is 1.97 bits per heavy atom. The van der Waals surface area contributed by atoms with Crippen molar-refractivity contribution in [3.05, 3.63) is 69.8 Å². The predicted molar refractivity (Wildman–Crippen MR) is 128 cm³/mol. The fourth-order valence-electron chi connectivity index (χ4n) is 2.40. The zero-order valence-corrected chi connectivity index (χ0v) is 20.2. The second-order valence-corrected chi connectivity index (χ2v) is 8.44. The highest BCUT2D eigenvalue weighted by molar-refractivity contribution is 5.81. The first-order valence-electron chi connectivity index (χ1n) is 10.0. The highest BCUT2D eigenvalue weighted by Crippen LogP contribution is 2.28. The van der Waals surface area contributed by atoms with Crippen LogP contribution in [0.15, 0.2) is 47.6 Å². The lowest BCUT2D eigenvalue weighted by Crippen LogP contribution is -2.18. The van der Waals surface area contributed by atoms with Crippen LogP contribution in [0.1, 0.15) is 56.9 Å². The Balaban J connectivity index is 0.00000110. The number of allylic oxidation sites excluding steroid dienone is 6. The van der Waals surface area contributed by atoms with Gasteiger partial charge in [0.15, 0.2) is 0 Å².